The monoisotopic (exact) mass is 372 g/mol. The minimum absolute atomic E-state index is 0.0173. The highest BCUT2D eigenvalue weighted by Gasteiger charge is 2.50. The highest BCUT2D eigenvalue weighted by molar-refractivity contribution is 9.10. The molecule has 0 saturated heterocycles. The standard InChI is InChI=1S/C19H21BrN2O/c1-12-14-8-9-15-17(19(14,2)11-10-16(12)23)21-18(20)22(15)13-6-4-3-5-7-13/h3-7,12,14H,8-11H2,1-2H3/t12-,14-,19-/m0/s1. The quantitative estimate of drug-likeness (QED) is 0.740. The van der Waals surface area contributed by atoms with Crippen molar-refractivity contribution in [1.82, 2.24) is 9.55 Å². The molecule has 1 aromatic heterocycles. The Morgan fingerprint density at radius 2 is 2.00 bits per heavy atom. The maximum absolute atomic E-state index is 12.2. The summed E-state index contributed by atoms with van der Waals surface area (Å²) in [5.41, 5.74) is 3.67. The fourth-order valence-corrected chi connectivity index (χ4v) is 5.27. The van der Waals surface area contributed by atoms with Gasteiger partial charge < -0.3 is 0 Å². The molecule has 4 rings (SSSR count). The highest BCUT2D eigenvalue weighted by atomic mass is 79.9. The summed E-state index contributed by atoms with van der Waals surface area (Å²) >= 11 is 3.67. The molecule has 0 spiro atoms. The van der Waals surface area contributed by atoms with E-state index in [9.17, 15) is 4.79 Å². The van der Waals surface area contributed by atoms with Crippen LogP contribution < -0.4 is 0 Å². The molecule has 2 aromatic rings. The van der Waals surface area contributed by atoms with Crippen molar-refractivity contribution in [3.8, 4) is 5.69 Å². The molecular weight excluding hydrogens is 352 g/mol. The first-order valence-corrected chi connectivity index (χ1v) is 9.17. The zero-order valence-electron chi connectivity index (χ0n) is 13.6. The van der Waals surface area contributed by atoms with E-state index < -0.39 is 0 Å². The van der Waals surface area contributed by atoms with Crippen molar-refractivity contribution in [2.75, 3.05) is 0 Å². The molecule has 1 fully saturated rings. The van der Waals surface area contributed by atoms with E-state index in [4.69, 9.17) is 4.98 Å². The molecule has 2 aliphatic carbocycles. The van der Waals surface area contributed by atoms with Crippen molar-refractivity contribution in [2.24, 2.45) is 11.8 Å². The lowest BCUT2D eigenvalue weighted by molar-refractivity contribution is -0.128. The SMILES string of the molecule is C[C@@H]1C(=O)CC[C@]2(C)c3nc(Br)n(-c4ccccc4)c3CC[C@@H]12. The maximum Gasteiger partial charge on any atom is 0.182 e. The summed E-state index contributed by atoms with van der Waals surface area (Å²) in [6, 6.07) is 10.4. The Hall–Kier alpha value is -1.42. The van der Waals surface area contributed by atoms with Crippen molar-refractivity contribution in [3.05, 3.63) is 46.5 Å². The molecule has 1 heterocycles. The van der Waals surface area contributed by atoms with Gasteiger partial charge in [0.05, 0.1) is 5.69 Å². The van der Waals surface area contributed by atoms with Crippen molar-refractivity contribution in [3.63, 3.8) is 0 Å². The third-order valence-electron chi connectivity index (χ3n) is 6.00. The number of fused-ring (bicyclic) bond motifs is 3. The second-order valence-electron chi connectivity index (χ2n) is 7.16. The third kappa shape index (κ3) is 2.14. The number of Topliss-reactive ketones (excluding diaryl/α,β-unsaturated/α-hetero) is 1. The van der Waals surface area contributed by atoms with Crippen LogP contribution in [0.4, 0.5) is 0 Å². The van der Waals surface area contributed by atoms with E-state index in [0.29, 0.717) is 18.1 Å². The minimum atomic E-state index is 0.0173. The van der Waals surface area contributed by atoms with Gasteiger partial charge in [0.15, 0.2) is 4.73 Å². The second kappa shape index (κ2) is 5.30. The van der Waals surface area contributed by atoms with E-state index in [0.717, 1.165) is 29.7 Å². The van der Waals surface area contributed by atoms with Gasteiger partial charge in [-0.25, -0.2) is 4.98 Å². The van der Waals surface area contributed by atoms with Crippen LogP contribution >= 0.6 is 15.9 Å². The Morgan fingerprint density at radius 1 is 1.26 bits per heavy atom. The molecule has 0 aliphatic heterocycles. The van der Waals surface area contributed by atoms with Crippen LogP contribution in [0.2, 0.25) is 0 Å². The molecule has 3 atom stereocenters. The summed E-state index contributed by atoms with van der Waals surface area (Å²) in [6.07, 6.45) is 3.66. The average Bonchev–Trinajstić information content (AvgIpc) is 2.90. The topological polar surface area (TPSA) is 34.9 Å². The lowest BCUT2D eigenvalue weighted by Crippen LogP contribution is -2.47. The van der Waals surface area contributed by atoms with Gasteiger partial charge in [0.25, 0.3) is 0 Å². The molecule has 2 aliphatic rings. The Balaban J connectivity index is 1.86. The lowest BCUT2D eigenvalue weighted by atomic mass is 9.57. The van der Waals surface area contributed by atoms with Crippen molar-refractivity contribution < 1.29 is 4.79 Å². The summed E-state index contributed by atoms with van der Waals surface area (Å²) in [5.74, 6) is 1.00. The summed E-state index contributed by atoms with van der Waals surface area (Å²) in [4.78, 5) is 17.1. The lowest BCUT2D eigenvalue weighted by Gasteiger charge is -2.46. The number of para-hydroxylation sites is 1. The molecule has 0 N–H and O–H groups in total. The molecular formula is C19H21BrN2O. The van der Waals surface area contributed by atoms with Crippen LogP contribution in [0.3, 0.4) is 0 Å². The first-order valence-electron chi connectivity index (χ1n) is 8.38. The van der Waals surface area contributed by atoms with Gasteiger partial charge in [-0.2, -0.15) is 0 Å². The van der Waals surface area contributed by atoms with Crippen molar-refractivity contribution in [2.45, 2.75) is 44.9 Å². The number of carbonyl (C=O) groups is 1. The van der Waals surface area contributed by atoms with Gasteiger partial charge in [-0.3, -0.25) is 9.36 Å². The average molecular weight is 373 g/mol. The van der Waals surface area contributed by atoms with Gasteiger partial charge in [0.2, 0.25) is 0 Å². The number of halogens is 1. The fourth-order valence-electron chi connectivity index (χ4n) is 4.68. The Kier molecular flexibility index (Phi) is 3.49. The van der Waals surface area contributed by atoms with Crippen LogP contribution in [0.1, 0.15) is 44.5 Å². The van der Waals surface area contributed by atoms with Crippen LogP contribution in [0.25, 0.3) is 5.69 Å². The van der Waals surface area contributed by atoms with E-state index in [1.54, 1.807) is 0 Å². The van der Waals surface area contributed by atoms with E-state index in [1.165, 1.54) is 11.4 Å². The number of carbonyl (C=O) groups excluding carboxylic acids is 1. The van der Waals surface area contributed by atoms with E-state index >= 15 is 0 Å². The Labute approximate surface area is 145 Å². The van der Waals surface area contributed by atoms with Crippen LogP contribution in [0.15, 0.2) is 35.1 Å². The third-order valence-corrected chi connectivity index (χ3v) is 6.53. The van der Waals surface area contributed by atoms with Gasteiger partial charge in [-0.1, -0.05) is 32.0 Å². The van der Waals surface area contributed by atoms with Crippen LogP contribution in [-0.2, 0) is 16.6 Å². The van der Waals surface area contributed by atoms with Crippen LogP contribution in [0.5, 0.6) is 0 Å². The van der Waals surface area contributed by atoms with E-state index in [2.05, 4.69) is 58.6 Å². The molecule has 23 heavy (non-hydrogen) atoms. The number of hydrogen-bond acceptors (Lipinski definition) is 2. The first-order chi connectivity index (χ1) is 11.0. The molecule has 0 unspecified atom stereocenters. The summed E-state index contributed by atoms with van der Waals surface area (Å²) < 4.78 is 3.11. The van der Waals surface area contributed by atoms with Crippen LogP contribution in [-0.4, -0.2) is 15.3 Å². The number of nitrogens with zero attached hydrogens (tertiary/aromatic N) is 2. The second-order valence-corrected chi connectivity index (χ2v) is 7.87. The predicted octanol–water partition coefficient (Wildman–Crippen LogP) is 4.45. The van der Waals surface area contributed by atoms with Gasteiger partial charge in [-0.15, -0.1) is 0 Å². The smallest absolute Gasteiger partial charge is 0.182 e. The van der Waals surface area contributed by atoms with Crippen LogP contribution in [0, 0.1) is 11.8 Å². The van der Waals surface area contributed by atoms with Crippen molar-refractivity contribution in [1.29, 1.82) is 0 Å². The van der Waals surface area contributed by atoms with E-state index in [1.807, 2.05) is 6.07 Å². The number of benzene rings is 1. The summed E-state index contributed by atoms with van der Waals surface area (Å²) in [5, 5.41) is 0. The summed E-state index contributed by atoms with van der Waals surface area (Å²) in [7, 11) is 0. The molecule has 4 heteroatoms. The fraction of sp³-hybridized carbons (Fsp3) is 0.474. The number of ketones is 1. The van der Waals surface area contributed by atoms with Crippen molar-refractivity contribution >= 4 is 21.7 Å². The first kappa shape index (κ1) is 15.1. The number of rotatable bonds is 1. The number of aromatic nitrogens is 2. The zero-order chi connectivity index (χ0) is 16.2. The predicted molar refractivity (Wildman–Crippen MR) is 93.8 cm³/mol. The van der Waals surface area contributed by atoms with Gasteiger partial charge in [0.1, 0.15) is 5.78 Å². The van der Waals surface area contributed by atoms with Gasteiger partial charge >= 0.3 is 0 Å². The normalized spacial score (nSPS) is 30.0. The minimum Gasteiger partial charge on any atom is -0.299 e. The number of hydrogen-bond donors (Lipinski definition) is 0. The maximum atomic E-state index is 12.2. The highest BCUT2D eigenvalue weighted by Crippen LogP contribution is 2.51. The largest absolute Gasteiger partial charge is 0.299 e. The molecule has 0 radical (unpaired) electrons. The van der Waals surface area contributed by atoms with Gasteiger partial charge in [0, 0.05) is 29.1 Å². The molecule has 0 bridgehead atoms. The summed E-state index contributed by atoms with van der Waals surface area (Å²) in [6.45, 7) is 4.42. The van der Waals surface area contributed by atoms with E-state index in [-0.39, 0.29) is 11.3 Å². The number of imidazole rings is 1. The molecule has 1 saturated carbocycles. The zero-order valence-corrected chi connectivity index (χ0v) is 15.1. The van der Waals surface area contributed by atoms with Gasteiger partial charge in [-0.05, 0) is 53.2 Å². The molecule has 120 valence electrons. The molecule has 0 amide bonds. The molecule has 3 nitrogen and oxygen atoms in total. The molecule has 1 aromatic carbocycles. The Morgan fingerprint density at radius 3 is 2.74 bits per heavy atom. The Bertz CT molecular complexity index is 767.